The highest BCUT2D eigenvalue weighted by molar-refractivity contribution is 5.76. The molecule has 0 aromatic heterocycles. The van der Waals surface area contributed by atoms with E-state index in [4.69, 9.17) is 4.74 Å². The fourth-order valence-corrected chi connectivity index (χ4v) is 2.14. The van der Waals surface area contributed by atoms with Crippen molar-refractivity contribution in [1.82, 2.24) is 0 Å². The monoisotopic (exact) mass is 308 g/mol. The summed E-state index contributed by atoms with van der Waals surface area (Å²) in [6.07, 6.45) is -3.19. The molecule has 1 aliphatic carbocycles. The maximum absolute atomic E-state index is 13.2. The minimum absolute atomic E-state index is 0.160. The molecule has 1 unspecified atom stereocenters. The van der Waals surface area contributed by atoms with Gasteiger partial charge >= 0.3 is 12.1 Å². The summed E-state index contributed by atoms with van der Waals surface area (Å²) in [5, 5.41) is 0. The summed E-state index contributed by atoms with van der Waals surface area (Å²) in [5.74, 6) is -0.762. The summed E-state index contributed by atoms with van der Waals surface area (Å²) in [6, 6.07) is 0. The van der Waals surface area contributed by atoms with E-state index in [9.17, 15) is 18.0 Å². The molecule has 0 bridgehead atoms. The van der Waals surface area contributed by atoms with Gasteiger partial charge in [0, 0.05) is 0 Å². The molecule has 21 heavy (non-hydrogen) atoms. The lowest BCUT2D eigenvalue weighted by molar-refractivity contribution is -0.232. The smallest absolute Gasteiger partial charge is 0.394 e. The Morgan fingerprint density at radius 1 is 1.05 bits per heavy atom. The largest absolute Gasteiger partial charge is 0.465 e. The number of esters is 1. The predicted octanol–water partition coefficient (Wildman–Crippen LogP) is 4.97. The zero-order chi connectivity index (χ0) is 16.7. The lowest BCUT2D eigenvalue weighted by Gasteiger charge is -2.37. The molecule has 1 aliphatic rings. The Kier molecular flexibility index (Phi) is 4.77. The van der Waals surface area contributed by atoms with E-state index >= 15 is 0 Å². The van der Waals surface area contributed by atoms with Gasteiger partial charge in [0.05, 0.1) is 17.4 Å². The van der Waals surface area contributed by atoms with E-state index in [2.05, 4.69) is 0 Å². The average molecular weight is 308 g/mol. The molecule has 2 nitrogen and oxygen atoms in total. The van der Waals surface area contributed by atoms with Crippen LogP contribution in [0.1, 0.15) is 60.8 Å². The Morgan fingerprint density at radius 3 is 1.86 bits per heavy atom. The molecule has 1 rings (SSSR count). The van der Waals surface area contributed by atoms with Gasteiger partial charge in [-0.15, -0.1) is 0 Å². The highest BCUT2D eigenvalue weighted by atomic mass is 19.4. The standard InChI is InChI=1S/C16H27F3O2/c1-13(2,3)14(4,5)12(20)21-10-9-15(6,11-7-8-11)16(17,18)19/h11H,7-10H2,1-6H3. The fourth-order valence-electron chi connectivity index (χ4n) is 2.14. The zero-order valence-electron chi connectivity index (χ0n) is 13.9. The van der Waals surface area contributed by atoms with Gasteiger partial charge in [-0.1, -0.05) is 27.7 Å². The number of carbonyl (C=O) groups excluding carboxylic acids is 1. The first-order valence-electron chi connectivity index (χ1n) is 7.47. The first kappa shape index (κ1) is 18.3. The highest BCUT2D eigenvalue weighted by Gasteiger charge is 2.58. The molecule has 0 heterocycles. The van der Waals surface area contributed by atoms with Crippen molar-refractivity contribution in [2.24, 2.45) is 22.2 Å². The van der Waals surface area contributed by atoms with Crippen LogP contribution in [0.2, 0.25) is 0 Å². The first-order chi connectivity index (χ1) is 9.23. The molecule has 1 fully saturated rings. The highest BCUT2D eigenvalue weighted by Crippen LogP contribution is 2.56. The second kappa shape index (κ2) is 5.47. The number of halogens is 3. The van der Waals surface area contributed by atoms with E-state index < -0.39 is 23.0 Å². The third-order valence-electron chi connectivity index (χ3n) is 5.37. The van der Waals surface area contributed by atoms with Crippen LogP contribution in [0.25, 0.3) is 0 Å². The number of alkyl halides is 3. The van der Waals surface area contributed by atoms with E-state index in [0.29, 0.717) is 12.8 Å². The van der Waals surface area contributed by atoms with Crippen LogP contribution in [0.5, 0.6) is 0 Å². The van der Waals surface area contributed by atoms with E-state index in [1.165, 1.54) is 6.92 Å². The number of carbonyl (C=O) groups is 1. The predicted molar refractivity (Wildman–Crippen MR) is 75.7 cm³/mol. The summed E-state index contributed by atoms with van der Waals surface area (Å²) in [5.41, 5.74) is -2.78. The van der Waals surface area contributed by atoms with Gasteiger partial charge in [-0.05, 0) is 44.4 Å². The molecular weight excluding hydrogens is 281 g/mol. The minimum atomic E-state index is -4.25. The van der Waals surface area contributed by atoms with Crippen LogP contribution in [0.15, 0.2) is 0 Å². The van der Waals surface area contributed by atoms with Crippen LogP contribution >= 0.6 is 0 Å². The average Bonchev–Trinajstić information content (AvgIpc) is 3.09. The zero-order valence-corrected chi connectivity index (χ0v) is 13.9. The van der Waals surface area contributed by atoms with Gasteiger partial charge < -0.3 is 4.74 Å². The first-order valence-corrected chi connectivity index (χ1v) is 7.47. The molecule has 0 aliphatic heterocycles. The topological polar surface area (TPSA) is 26.3 Å². The molecule has 0 amide bonds. The Balaban J connectivity index is 2.62. The fraction of sp³-hybridized carbons (Fsp3) is 0.938. The van der Waals surface area contributed by atoms with Gasteiger partial charge in [-0.3, -0.25) is 4.79 Å². The van der Waals surface area contributed by atoms with Crippen molar-refractivity contribution in [1.29, 1.82) is 0 Å². The Bertz CT molecular complexity index is 389. The van der Waals surface area contributed by atoms with Crippen molar-refractivity contribution in [3.8, 4) is 0 Å². The molecule has 0 spiro atoms. The van der Waals surface area contributed by atoms with E-state index in [1.807, 2.05) is 20.8 Å². The van der Waals surface area contributed by atoms with Gasteiger partial charge in [0.2, 0.25) is 0 Å². The van der Waals surface area contributed by atoms with Crippen LogP contribution in [-0.2, 0) is 9.53 Å². The van der Waals surface area contributed by atoms with Crippen LogP contribution in [0.4, 0.5) is 13.2 Å². The maximum atomic E-state index is 13.2. The second-order valence-electron chi connectivity index (χ2n) is 7.95. The Morgan fingerprint density at radius 2 is 1.52 bits per heavy atom. The number of ether oxygens (including phenoxy) is 1. The molecule has 124 valence electrons. The molecule has 0 aromatic carbocycles. The van der Waals surface area contributed by atoms with Crippen molar-refractivity contribution >= 4 is 5.97 Å². The summed E-state index contributed by atoms with van der Waals surface area (Å²) in [4.78, 5) is 12.1. The summed E-state index contributed by atoms with van der Waals surface area (Å²) >= 11 is 0. The minimum Gasteiger partial charge on any atom is -0.465 e. The normalized spacial score (nSPS) is 20.0. The number of rotatable bonds is 5. The van der Waals surface area contributed by atoms with E-state index in [1.54, 1.807) is 13.8 Å². The van der Waals surface area contributed by atoms with Gasteiger partial charge in [-0.25, -0.2) is 0 Å². The van der Waals surface area contributed by atoms with Crippen LogP contribution in [0.3, 0.4) is 0 Å². The Hall–Kier alpha value is -0.740. The lowest BCUT2D eigenvalue weighted by atomic mass is 9.69. The summed E-state index contributed by atoms with van der Waals surface area (Å²) < 4.78 is 44.8. The molecule has 1 atom stereocenters. The third-order valence-corrected chi connectivity index (χ3v) is 5.37. The van der Waals surface area contributed by atoms with Crippen molar-refractivity contribution in [2.45, 2.75) is 67.0 Å². The van der Waals surface area contributed by atoms with Crippen LogP contribution in [0, 0.1) is 22.2 Å². The lowest BCUT2D eigenvalue weighted by Crippen LogP contribution is -2.41. The molecule has 0 N–H and O–H groups in total. The summed E-state index contributed by atoms with van der Waals surface area (Å²) in [7, 11) is 0. The number of hydrogen-bond acceptors (Lipinski definition) is 2. The van der Waals surface area contributed by atoms with Gasteiger partial charge in [0.15, 0.2) is 0 Å². The molecule has 5 heteroatoms. The van der Waals surface area contributed by atoms with Crippen molar-refractivity contribution in [2.75, 3.05) is 6.61 Å². The third kappa shape index (κ3) is 3.72. The van der Waals surface area contributed by atoms with Crippen molar-refractivity contribution < 1.29 is 22.7 Å². The molecular formula is C16H27F3O2. The molecule has 1 saturated carbocycles. The van der Waals surface area contributed by atoms with Gasteiger partial charge in [0.25, 0.3) is 0 Å². The van der Waals surface area contributed by atoms with Gasteiger partial charge in [-0.2, -0.15) is 13.2 Å². The molecule has 0 aromatic rings. The Labute approximate surface area is 125 Å². The van der Waals surface area contributed by atoms with Crippen LogP contribution < -0.4 is 0 Å². The molecule has 0 radical (unpaired) electrons. The quantitative estimate of drug-likeness (QED) is 0.670. The van der Waals surface area contributed by atoms with E-state index in [0.717, 1.165) is 0 Å². The van der Waals surface area contributed by atoms with Crippen molar-refractivity contribution in [3.63, 3.8) is 0 Å². The SMILES string of the molecule is CC(C)(C)C(C)(C)C(=O)OCCC(C)(C1CC1)C(F)(F)F. The number of hydrogen-bond donors (Lipinski definition) is 0. The second-order valence-corrected chi connectivity index (χ2v) is 7.95. The van der Waals surface area contributed by atoms with Crippen molar-refractivity contribution in [3.05, 3.63) is 0 Å². The van der Waals surface area contributed by atoms with Crippen LogP contribution in [-0.4, -0.2) is 18.8 Å². The maximum Gasteiger partial charge on any atom is 0.394 e. The summed E-state index contributed by atoms with van der Waals surface area (Å²) in [6.45, 7) is 10.3. The molecule has 0 saturated heterocycles. The van der Waals surface area contributed by atoms with E-state index in [-0.39, 0.29) is 24.4 Å². The van der Waals surface area contributed by atoms with Gasteiger partial charge in [0.1, 0.15) is 0 Å².